The fourth-order valence-electron chi connectivity index (χ4n) is 4.60. The Labute approximate surface area is 380 Å². The number of rotatable bonds is 17. The van der Waals surface area contributed by atoms with Gasteiger partial charge in [0, 0.05) is 67.0 Å². The first-order valence-corrected chi connectivity index (χ1v) is 23.3. The predicted molar refractivity (Wildman–Crippen MR) is 273 cm³/mol. The van der Waals surface area contributed by atoms with E-state index < -0.39 is 0 Å². The number of nitrogens with one attached hydrogen (secondary N) is 3. The maximum Gasteiger partial charge on any atom is 0.273 e. The molecule has 0 amide bonds. The van der Waals surface area contributed by atoms with Crippen LogP contribution in [-0.2, 0) is 13.1 Å². The number of hydrogen-bond donors (Lipinski definition) is 4. The summed E-state index contributed by atoms with van der Waals surface area (Å²) in [6.07, 6.45) is 2.80. The minimum Gasteiger partial charge on any atom is -0.328 e. The van der Waals surface area contributed by atoms with Gasteiger partial charge in [-0.25, -0.2) is 0 Å². The Morgan fingerprint density at radius 2 is 1.07 bits per heavy atom. The number of nitrogens with zero attached hydrogens (tertiary/aromatic N) is 3. The van der Waals surface area contributed by atoms with Crippen molar-refractivity contribution in [2.75, 3.05) is 28.2 Å². The fourth-order valence-corrected chi connectivity index (χ4v) is 4.60. The summed E-state index contributed by atoms with van der Waals surface area (Å²) in [5.41, 5.74) is 7.77. The second-order valence-corrected chi connectivity index (χ2v) is 19.5. The van der Waals surface area contributed by atoms with Gasteiger partial charge in [-0.1, -0.05) is 139 Å². The van der Waals surface area contributed by atoms with Crippen LogP contribution in [0.15, 0.2) is 54.6 Å². The summed E-state index contributed by atoms with van der Waals surface area (Å²) in [6, 6.07) is 21.7. The van der Waals surface area contributed by atoms with Crippen LogP contribution in [0.3, 0.4) is 0 Å². The molecule has 6 atom stereocenters. The minimum absolute atomic E-state index is 0. The molecule has 5 N–H and O–H groups in total. The first kappa shape index (κ1) is 65.2. The van der Waals surface area contributed by atoms with Gasteiger partial charge in [0.05, 0.1) is 4.92 Å². The van der Waals surface area contributed by atoms with Crippen molar-refractivity contribution >= 4 is 5.69 Å². The molecule has 6 unspecified atom stereocenters. The second kappa shape index (κ2) is 37.0. The Morgan fingerprint density at radius 3 is 1.38 bits per heavy atom. The minimum atomic E-state index is -0.316. The second-order valence-electron chi connectivity index (χ2n) is 19.5. The monoisotopic (exact) mass is 860 g/mol. The van der Waals surface area contributed by atoms with E-state index in [0.717, 1.165) is 35.9 Å². The lowest BCUT2D eigenvalue weighted by atomic mass is 10.0. The first-order chi connectivity index (χ1) is 27.7. The third-order valence-corrected chi connectivity index (χ3v) is 12.1. The van der Waals surface area contributed by atoms with Crippen LogP contribution in [0.4, 0.5) is 5.69 Å². The topological polar surface area (TPSA) is 112 Å². The SMILES string of the molecule is C.CC(C)C(C)N.CC(C)C(C)N(C)C.CC(C)C(C)N(C)Cc1ccccc1[N+](=O)[O-].CC(C)C(C)NC1CC1.CC(C)C(C)NCc1ccccc1.CNC(C)C(C)C. The zero-order valence-corrected chi connectivity index (χ0v) is 43.3. The Bertz CT molecular complexity index is 1270. The van der Waals surface area contributed by atoms with E-state index in [1.165, 1.54) is 18.4 Å². The molecule has 9 heteroatoms. The molecule has 1 fully saturated rings. The standard InChI is InChI=1S/C13H20N2O2.C12H19N.C8H17N.C7H17N.C6H15N.C5H13N.CH4/c1-10(2)11(3)14(4)9-12-7-5-6-8-13(12)15(16)17;1-10(2)11(3)13-9-12-7-5-4-6-8-12;1-6(2)7(3)9-8-4-5-8;1-6(2)7(3)8(4)5;1-5(2)6(3)7-4;1-4(2)5(3)6;/h5-8,10-11H,9H2,1-4H3;4-8,10-11,13H,9H2,1-3H3;6-9H,4-5H2,1-3H3;6-7H,1-5H3;5-7H,1-4H3;4-5H,6H2,1-3H3;1H4. The molecule has 1 saturated carbocycles. The number of nitrogens with two attached hydrogens (primary N) is 1. The van der Waals surface area contributed by atoms with Crippen molar-refractivity contribution < 1.29 is 4.92 Å². The molecule has 0 aliphatic heterocycles. The smallest absolute Gasteiger partial charge is 0.273 e. The summed E-state index contributed by atoms with van der Waals surface area (Å²) in [7, 11) is 8.22. The molecule has 61 heavy (non-hydrogen) atoms. The zero-order chi connectivity index (χ0) is 47.3. The summed E-state index contributed by atoms with van der Waals surface area (Å²) in [5, 5.41) is 21.1. The molecule has 1 aliphatic carbocycles. The van der Waals surface area contributed by atoms with Crippen molar-refractivity contribution in [1.29, 1.82) is 0 Å². The van der Waals surface area contributed by atoms with Gasteiger partial charge in [-0.15, -0.1) is 0 Å². The van der Waals surface area contributed by atoms with Crippen molar-refractivity contribution in [3.05, 3.63) is 75.8 Å². The summed E-state index contributed by atoms with van der Waals surface area (Å²) in [5.74, 6) is 4.16. The van der Waals surface area contributed by atoms with Gasteiger partial charge in [0.2, 0.25) is 0 Å². The van der Waals surface area contributed by atoms with Crippen LogP contribution in [0.2, 0.25) is 0 Å². The van der Waals surface area contributed by atoms with E-state index in [4.69, 9.17) is 5.73 Å². The largest absolute Gasteiger partial charge is 0.328 e. The molecule has 0 bridgehead atoms. The molecule has 3 rings (SSSR count). The molecule has 0 aromatic heterocycles. The van der Waals surface area contributed by atoms with E-state index in [-0.39, 0.29) is 18.0 Å². The lowest BCUT2D eigenvalue weighted by Gasteiger charge is -2.27. The van der Waals surface area contributed by atoms with Crippen LogP contribution in [0, 0.1) is 45.6 Å². The molecule has 360 valence electrons. The Kier molecular flexibility index (Phi) is 39.6. The van der Waals surface area contributed by atoms with Crippen molar-refractivity contribution in [2.24, 2.45) is 41.2 Å². The quantitative estimate of drug-likeness (QED) is 0.0919. The normalized spacial score (nSPS) is 15.1. The molecule has 0 radical (unpaired) electrons. The van der Waals surface area contributed by atoms with Crippen molar-refractivity contribution in [3.8, 4) is 0 Å². The lowest BCUT2D eigenvalue weighted by molar-refractivity contribution is -0.385. The van der Waals surface area contributed by atoms with Crippen LogP contribution in [0.1, 0.15) is 156 Å². The van der Waals surface area contributed by atoms with Gasteiger partial charge in [0.25, 0.3) is 5.69 Å². The van der Waals surface area contributed by atoms with Gasteiger partial charge < -0.3 is 26.6 Å². The van der Waals surface area contributed by atoms with E-state index in [2.05, 4.69) is 188 Å². The summed E-state index contributed by atoms with van der Waals surface area (Å²) >= 11 is 0. The third-order valence-electron chi connectivity index (χ3n) is 12.1. The molecule has 0 heterocycles. The number of para-hydroxylation sites is 1. The van der Waals surface area contributed by atoms with Gasteiger partial charge in [0.15, 0.2) is 0 Å². The van der Waals surface area contributed by atoms with Crippen LogP contribution in [0.5, 0.6) is 0 Å². The molecule has 1 aliphatic rings. The maximum atomic E-state index is 10.9. The van der Waals surface area contributed by atoms with Crippen LogP contribution in [-0.4, -0.2) is 85.2 Å². The molecule has 2 aromatic carbocycles. The molecular weight excluding hydrogens is 755 g/mol. The summed E-state index contributed by atoms with van der Waals surface area (Å²) in [4.78, 5) is 15.0. The Morgan fingerprint density at radius 1 is 0.639 bits per heavy atom. The van der Waals surface area contributed by atoms with Crippen molar-refractivity contribution in [2.45, 2.75) is 200 Å². The van der Waals surface area contributed by atoms with Gasteiger partial charge in [0.1, 0.15) is 0 Å². The van der Waals surface area contributed by atoms with E-state index in [1.54, 1.807) is 12.1 Å². The van der Waals surface area contributed by atoms with Crippen LogP contribution < -0.4 is 21.7 Å². The van der Waals surface area contributed by atoms with E-state index in [0.29, 0.717) is 60.5 Å². The number of benzene rings is 2. The zero-order valence-electron chi connectivity index (χ0n) is 43.3. The van der Waals surface area contributed by atoms with E-state index >= 15 is 0 Å². The van der Waals surface area contributed by atoms with Crippen molar-refractivity contribution in [1.82, 2.24) is 25.8 Å². The fraction of sp³-hybridized carbons (Fsp3) is 0.769. The van der Waals surface area contributed by atoms with E-state index in [9.17, 15) is 10.1 Å². The number of nitro benzene ring substituents is 1. The average molecular weight is 860 g/mol. The van der Waals surface area contributed by atoms with Gasteiger partial charge >= 0.3 is 0 Å². The average Bonchev–Trinajstić information content (AvgIpc) is 4.01. The predicted octanol–water partition coefficient (Wildman–Crippen LogP) is 12.1. The molecule has 0 spiro atoms. The molecular formula is C52H105N7O2. The van der Waals surface area contributed by atoms with E-state index in [1.807, 2.05) is 33.2 Å². The highest BCUT2D eigenvalue weighted by atomic mass is 16.6. The highest BCUT2D eigenvalue weighted by Crippen LogP contribution is 2.22. The number of nitro groups is 1. The Hall–Kier alpha value is -2.40. The Balaban J connectivity index is -0.000000332. The lowest BCUT2D eigenvalue weighted by Crippen LogP contribution is -2.32. The van der Waals surface area contributed by atoms with Gasteiger partial charge in [-0.05, 0) is 124 Å². The summed E-state index contributed by atoms with van der Waals surface area (Å²) in [6.45, 7) is 41.1. The maximum absolute atomic E-state index is 10.9. The van der Waals surface area contributed by atoms with Crippen molar-refractivity contribution in [3.63, 3.8) is 0 Å². The summed E-state index contributed by atoms with van der Waals surface area (Å²) < 4.78 is 0. The number of hydrogen-bond acceptors (Lipinski definition) is 8. The first-order valence-electron chi connectivity index (χ1n) is 23.3. The van der Waals surface area contributed by atoms with Gasteiger partial charge in [-0.3, -0.25) is 15.0 Å². The highest BCUT2D eigenvalue weighted by Gasteiger charge is 2.23. The molecule has 2 aromatic rings. The van der Waals surface area contributed by atoms with Gasteiger partial charge in [-0.2, -0.15) is 0 Å². The third kappa shape index (κ3) is 35.7. The van der Waals surface area contributed by atoms with Crippen LogP contribution >= 0.6 is 0 Å². The highest BCUT2D eigenvalue weighted by molar-refractivity contribution is 5.39. The van der Waals surface area contributed by atoms with Crippen LogP contribution in [0.25, 0.3) is 0 Å². The molecule has 9 nitrogen and oxygen atoms in total. The molecule has 0 saturated heterocycles.